The molecule has 1 aliphatic heterocycles. The molecule has 32 heavy (non-hydrogen) atoms. The fourth-order valence-electron chi connectivity index (χ4n) is 3.81. The Hall–Kier alpha value is -3.58. The highest BCUT2D eigenvalue weighted by atomic mass is 19.1. The molecule has 0 spiro atoms. The van der Waals surface area contributed by atoms with Gasteiger partial charge in [-0.05, 0) is 41.5 Å². The van der Waals surface area contributed by atoms with Crippen molar-refractivity contribution in [3.8, 4) is 5.75 Å². The first-order valence-corrected chi connectivity index (χ1v) is 10.5. The van der Waals surface area contributed by atoms with Gasteiger partial charge in [-0.2, -0.15) is 0 Å². The molecule has 0 aromatic heterocycles. The molecule has 166 valence electrons. The first-order valence-electron chi connectivity index (χ1n) is 10.5. The molecule has 1 saturated heterocycles. The molecular weight excluding hydrogens is 409 g/mol. The van der Waals surface area contributed by atoms with Gasteiger partial charge in [-0.25, -0.2) is 9.18 Å². The van der Waals surface area contributed by atoms with Crippen molar-refractivity contribution >= 4 is 17.5 Å². The van der Waals surface area contributed by atoms with Gasteiger partial charge < -0.3 is 19.7 Å². The summed E-state index contributed by atoms with van der Waals surface area (Å²) in [5, 5.41) is 5.97. The lowest BCUT2D eigenvalue weighted by Crippen LogP contribution is -2.46. The number of hydrogen-bond acceptors (Lipinski definition) is 5. The van der Waals surface area contributed by atoms with E-state index in [1.165, 1.54) is 6.07 Å². The summed E-state index contributed by atoms with van der Waals surface area (Å²) in [6.45, 7) is 2.28. The van der Waals surface area contributed by atoms with Crippen molar-refractivity contribution in [2.75, 3.05) is 37.0 Å². The van der Waals surface area contributed by atoms with Crippen molar-refractivity contribution in [3.63, 3.8) is 0 Å². The normalized spacial score (nSPS) is 15.8. The van der Waals surface area contributed by atoms with Gasteiger partial charge in [-0.1, -0.05) is 42.5 Å². The third-order valence-electron chi connectivity index (χ3n) is 5.46. The maximum atomic E-state index is 15.1. The molecule has 1 heterocycles. The van der Waals surface area contributed by atoms with Crippen LogP contribution in [0.5, 0.6) is 5.75 Å². The third-order valence-corrected chi connectivity index (χ3v) is 5.46. The molecule has 1 unspecified atom stereocenters. The zero-order valence-corrected chi connectivity index (χ0v) is 17.9. The van der Waals surface area contributed by atoms with Gasteiger partial charge in [0.25, 0.3) is 0 Å². The first-order chi connectivity index (χ1) is 15.6. The lowest BCUT2D eigenvalue weighted by molar-refractivity contribution is 0.155. The maximum Gasteiger partial charge on any atom is 0.411 e. The number of nitrogens with one attached hydrogen (secondary N) is 2. The molecule has 3 aromatic rings. The Morgan fingerprint density at radius 1 is 1.12 bits per heavy atom. The van der Waals surface area contributed by atoms with E-state index in [1.54, 1.807) is 19.2 Å². The number of anilines is 2. The van der Waals surface area contributed by atoms with Crippen LogP contribution in [0.2, 0.25) is 0 Å². The van der Waals surface area contributed by atoms with Gasteiger partial charge in [0.15, 0.2) is 0 Å². The van der Waals surface area contributed by atoms with Crippen molar-refractivity contribution in [1.29, 1.82) is 0 Å². The van der Waals surface area contributed by atoms with Crippen LogP contribution in [0, 0.1) is 5.82 Å². The fraction of sp³-hybridized carbons (Fsp3) is 0.240. The number of benzene rings is 3. The highest BCUT2D eigenvalue weighted by Crippen LogP contribution is 2.32. The van der Waals surface area contributed by atoms with Crippen LogP contribution in [0.3, 0.4) is 0 Å². The quantitative estimate of drug-likeness (QED) is 0.586. The standard InChI is InChI=1S/C25H26FN3O3/c1-31-21-10-7-19(8-11-21)24-16-27-13-14-29(24)23-12-9-20(15-22(23)26)28-25(30)32-17-18-5-3-2-4-6-18/h2-12,15,24,27H,13-14,16-17H2,1H3,(H,28,30). The third kappa shape index (κ3) is 5.18. The van der Waals surface area contributed by atoms with Gasteiger partial charge in [0, 0.05) is 25.3 Å². The number of amides is 1. The summed E-state index contributed by atoms with van der Waals surface area (Å²) in [6.07, 6.45) is -0.626. The van der Waals surface area contributed by atoms with E-state index in [0.717, 1.165) is 23.4 Å². The number of piperazine rings is 1. The zero-order valence-electron chi connectivity index (χ0n) is 17.9. The summed E-state index contributed by atoms with van der Waals surface area (Å²) in [4.78, 5) is 14.1. The molecule has 7 heteroatoms. The van der Waals surface area contributed by atoms with Crippen molar-refractivity contribution in [3.05, 3.63) is 89.7 Å². The minimum absolute atomic E-state index is 0.0150. The molecule has 0 radical (unpaired) electrons. The summed E-state index contributed by atoms with van der Waals surface area (Å²) in [5.74, 6) is 0.385. The van der Waals surface area contributed by atoms with Crippen molar-refractivity contribution in [2.45, 2.75) is 12.6 Å². The van der Waals surface area contributed by atoms with Crippen LogP contribution in [0.4, 0.5) is 20.6 Å². The second-order valence-corrected chi connectivity index (χ2v) is 7.54. The second kappa shape index (κ2) is 10.2. The molecule has 1 aliphatic rings. The molecule has 2 N–H and O–H groups in total. The van der Waals surface area contributed by atoms with Crippen LogP contribution >= 0.6 is 0 Å². The van der Waals surface area contributed by atoms with E-state index in [1.807, 2.05) is 59.5 Å². The molecule has 1 atom stereocenters. The maximum absolute atomic E-state index is 15.1. The van der Waals surface area contributed by atoms with Crippen LogP contribution < -0.4 is 20.3 Å². The number of carbonyl (C=O) groups is 1. The molecule has 0 bridgehead atoms. The van der Waals surface area contributed by atoms with Crippen molar-refractivity contribution in [2.24, 2.45) is 0 Å². The van der Waals surface area contributed by atoms with Gasteiger partial charge in [-0.15, -0.1) is 0 Å². The molecule has 1 fully saturated rings. The number of rotatable bonds is 6. The molecule has 1 amide bonds. The minimum Gasteiger partial charge on any atom is -0.497 e. The Labute approximate surface area is 187 Å². The number of halogens is 1. The highest BCUT2D eigenvalue weighted by Gasteiger charge is 2.26. The molecule has 4 rings (SSSR count). The Morgan fingerprint density at radius 2 is 1.91 bits per heavy atom. The molecule has 0 saturated carbocycles. The van der Waals surface area contributed by atoms with E-state index in [9.17, 15) is 4.79 Å². The summed E-state index contributed by atoms with van der Waals surface area (Å²) < 4.78 is 25.5. The van der Waals surface area contributed by atoms with E-state index in [4.69, 9.17) is 9.47 Å². The monoisotopic (exact) mass is 435 g/mol. The zero-order chi connectivity index (χ0) is 22.3. The van der Waals surface area contributed by atoms with Crippen LogP contribution in [0.1, 0.15) is 17.2 Å². The van der Waals surface area contributed by atoms with Gasteiger partial charge in [0.05, 0.1) is 18.8 Å². The van der Waals surface area contributed by atoms with Gasteiger partial charge in [0.2, 0.25) is 0 Å². The minimum atomic E-state index is -0.626. The van der Waals surface area contributed by atoms with Crippen LogP contribution in [0.25, 0.3) is 0 Å². The first kappa shape index (κ1) is 21.6. The number of hydrogen-bond donors (Lipinski definition) is 2. The highest BCUT2D eigenvalue weighted by molar-refractivity contribution is 5.85. The van der Waals surface area contributed by atoms with Gasteiger partial charge in [0.1, 0.15) is 18.2 Å². The number of methoxy groups -OCH3 is 1. The Balaban J connectivity index is 1.44. The van der Waals surface area contributed by atoms with E-state index in [-0.39, 0.29) is 12.6 Å². The lowest BCUT2D eigenvalue weighted by atomic mass is 10.0. The smallest absolute Gasteiger partial charge is 0.411 e. The van der Waals surface area contributed by atoms with Crippen LogP contribution in [-0.2, 0) is 11.3 Å². The SMILES string of the molecule is COc1ccc(C2CNCCN2c2ccc(NC(=O)OCc3ccccc3)cc2F)cc1. The van der Waals surface area contributed by atoms with E-state index < -0.39 is 11.9 Å². The van der Waals surface area contributed by atoms with Crippen LogP contribution in [0.15, 0.2) is 72.8 Å². The predicted octanol–water partition coefficient (Wildman–Crippen LogP) is 4.73. The molecule has 0 aliphatic carbocycles. The van der Waals surface area contributed by atoms with E-state index >= 15 is 4.39 Å². The largest absolute Gasteiger partial charge is 0.497 e. The average Bonchev–Trinajstić information content (AvgIpc) is 2.84. The lowest BCUT2D eigenvalue weighted by Gasteiger charge is -2.38. The van der Waals surface area contributed by atoms with Gasteiger partial charge >= 0.3 is 6.09 Å². The van der Waals surface area contributed by atoms with E-state index in [0.29, 0.717) is 24.5 Å². The number of ether oxygens (including phenoxy) is 2. The van der Waals surface area contributed by atoms with Gasteiger partial charge in [-0.3, -0.25) is 5.32 Å². The Bertz CT molecular complexity index is 1040. The summed E-state index contributed by atoms with van der Waals surface area (Å²) in [7, 11) is 1.63. The Morgan fingerprint density at radius 3 is 2.62 bits per heavy atom. The van der Waals surface area contributed by atoms with Crippen molar-refractivity contribution in [1.82, 2.24) is 5.32 Å². The number of nitrogens with zero attached hydrogens (tertiary/aromatic N) is 1. The summed E-state index contributed by atoms with van der Waals surface area (Å²) >= 11 is 0. The Kier molecular flexibility index (Phi) is 6.87. The predicted molar refractivity (Wildman–Crippen MR) is 123 cm³/mol. The van der Waals surface area contributed by atoms with Crippen LogP contribution in [-0.4, -0.2) is 32.8 Å². The molecule has 6 nitrogen and oxygen atoms in total. The summed E-state index contributed by atoms with van der Waals surface area (Å²) in [5.41, 5.74) is 2.80. The topological polar surface area (TPSA) is 62.8 Å². The second-order valence-electron chi connectivity index (χ2n) is 7.54. The molecule has 3 aromatic carbocycles. The summed E-state index contributed by atoms with van der Waals surface area (Å²) in [6, 6.07) is 21.9. The number of carbonyl (C=O) groups excluding carboxylic acids is 1. The molecular formula is C25H26FN3O3. The fourth-order valence-corrected chi connectivity index (χ4v) is 3.81. The van der Waals surface area contributed by atoms with Crippen molar-refractivity contribution < 1.29 is 18.7 Å². The van der Waals surface area contributed by atoms with E-state index in [2.05, 4.69) is 10.6 Å². The average molecular weight is 435 g/mol.